The van der Waals surface area contributed by atoms with E-state index in [1.165, 1.54) is 4.90 Å². The van der Waals surface area contributed by atoms with E-state index in [-0.39, 0.29) is 5.91 Å². The average Bonchev–Trinajstić information content (AvgIpc) is 2.73. The Hall–Kier alpha value is -3.32. The molecule has 3 aromatic rings. The second kappa shape index (κ2) is 7.74. The van der Waals surface area contributed by atoms with Crippen LogP contribution in [0.1, 0.15) is 24.0 Å². The molecule has 4 heteroatoms. The molecule has 142 valence electrons. The maximum Gasteiger partial charge on any atom is 0.243 e. The maximum atomic E-state index is 13.2. The molecule has 0 fully saturated rings. The number of rotatable bonds is 5. The van der Waals surface area contributed by atoms with Crippen LogP contribution in [-0.2, 0) is 4.79 Å². The van der Waals surface area contributed by atoms with Gasteiger partial charge in [-0.1, -0.05) is 60.7 Å². The van der Waals surface area contributed by atoms with Gasteiger partial charge in [0.25, 0.3) is 0 Å². The van der Waals surface area contributed by atoms with Crippen molar-refractivity contribution in [3.05, 3.63) is 77.9 Å². The van der Waals surface area contributed by atoms with Crippen molar-refractivity contribution < 1.29 is 9.53 Å². The van der Waals surface area contributed by atoms with Gasteiger partial charge >= 0.3 is 0 Å². The van der Waals surface area contributed by atoms with Gasteiger partial charge in [-0.05, 0) is 29.3 Å². The van der Waals surface area contributed by atoms with E-state index in [1.807, 2.05) is 66.7 Å². The van der Waals surface area contributed by atoms with Crippen LogP contribution < -0.4 is 4.74 Å². The summed E-state index contributed by atoms with van der Waals surface area (Å²) < 4.78 is 5.61. The topological polar surface area (TPSA) is 53.3 Å². The Kier molecular flexibility index (Phi) is 5.37. The highest BCUT2D eigenvalue weighted by molar-refractivity contribution is 5.91. The third-order valence-electron chi connectivity index (χ3n) is 5.24. The summed E-state index contributed by atoms with van der Waals surface area (Å²) >= 11 is 0. The van der Waals surface area contributed by atoms with Gasteiger partial charge < -0.3 is 9.64 Å². The normalized spacial score (nSPS) is 14.0. The van der Waals surface area contributed by atoms with Crippen LogP contribution in [0.4, 0.5) is 0 Å². The molecular weight excluding hydrogens is 348 g/mol. The molecule has 0 spiro atoms. The Morgan fingerprint density at radius 1 is 1.00 bits per heavy atom. The third kappa shape index (κ3) is 3.20. The number of carbonyl (C=O) groups is 1. The molecule has 4 nitrogen and oxygen atoms in total. The van der Waals surface area contributed by atoms with Crippen molar-refractivity contribution in [2.24, 2.45) is 5.41 Å². The van der Waals surface area contributed by atoms with Gasteiger partial charge in [0, 0.05) is 25.6 Å². The fourth-order valence-corrected chi connectivity index (χ4v) is 3.90. The highest BCUT2D eigenvalue weighted by Crippen LogP contribution is 2.47. The van der Waals surface area contributed by atoms with Crippen LogP contribution in [0.2, 0.25) is 0 Å². The van der Waals surface area contributed by atoms with E-state index in [0.29, 0.717) is 5.75 Å². The molecule has 1 unspecified atom stereocenters. The molecule has 0 aliphatic rings. The number of amides is 1. The lowest BCUT2D eigenvalue weighted by Gasteiger charge is -2.34. The number of ether oxygens (including phenoxy) is 1. The second-order valence-corrected chi connectivity index (χ2v) is 7.26. The van der Waals surface area contributed by atoms with Gasteiger partial charge in [-0.3, -0.25) is 4.79 Å². The monoisotopic (exact) mass is 372 g/mol. The first kappa shape index (κ1) is 19.4. The molecule has 0 aromatic heterocycles. The number of hydrogen-bond donors (Lipinski definition) is 0. The molecule has 0 N–H and O–H groups in total. The van der Waals surface area contributed by atoms with Crippen LogP contribution in [0.3, 0.4) is 0 Å². The Bertz CT molecular complexity index is 1050. The maximum absolute atomic E-state index is 13.2. The second-order valence-electron chi connectivity index (χ2n) is 7.26. The first-order valence-corrected chi connectivity index (χ1v) is 9.17. The number of methoxy groups -OCH3 is 1. The SMILES string of the molecule is COc1ccccc1C(c1cccc2ccccc12)[C@@](C)(C#N)C(=O)N(C)C. The number of para-hydroxylation sites is 1. The van der Waals surface area contributed by atoms with Gasteiger partial charge in [0.15, 0.2) is 0 Å². The lowest BCUT2D eigenvalue weighted by Crippen LogP contribution is -2.42. The Balaban J connectivity index is 2.38. The summed E-state index contributed by atoms with van der Waals surface area (Å²) in [6, 6.07) is 24.0. The van der Waals surface area contributed by atoms with Crippen LogP contribution in [0.15, 0.2) is 66.7 Å². The zero-order valence-electron chi connectivity index (χ0n) is 16.6. The number of carbonyl (C=O) groups excluding carboxylic acids is 1. The van der Waals surface area contributed by atoms with E-state index in [2.05, 4.69) is 6.07 Å². The molecule has 2 atom stereocenters. The van der Waals surface area contributed by atoms with Crippen LogP contribution >= 0.6 is 0 Å². The van der Waals surface area contributed by atoms with E-state index >= 15 is 0 Å². The summed E-state index contributed by atoms with van der Waals surface area (Å²) in [4.78, 5) is 14.7. The highest BCUT2D eigenvalue weighted by atomic mass is 16.5. The Morgan fingerprint density at radius 2 is 1.61 bits per heavy atom. The molecule has 1 amide bonds. The van der Waals surface area contributed by atoms with E-state index < -0.39 is 11.3 Å². The summed E-state index contributed by atoms with van der Waals surface area (Å²) in [5.41, 5.74) is 0.449. The first-order valence-electron chi connectivity index (χ1n) is 9.17. The van der Waals surface area contributed by atoms with Crippen LogP contribution in [0, 0.1) is 16.7 Å². The van der Waals surface area contributed by atoms with E-state index in [9.17, 15) is 10.1 Å². The van der Waals surface area contributed by atoms with Crippen LogP contribution in [0.5, 0.6) is 5.75 Å². The minimum absolute atomic E-state index is 0.237. The summed E-state index contributed by atoms with van der Waals surface area (Å²) in [6.07, 6.45) is 0. The zero-order chi connectivity index (χ0) is 20.3. The van der Waals surface area contributed by atoms with Gasteiger partial charge in [0.2, 0.25) is 5.91 Å². The average molecular weight is 372 g/mol. The molecule has 0 saturated carbocycles. The lowest BCUT2D eigenvalue weighted by atomic mass is 9.68. The quantitative estimate of drug-likeness (QED) is 0.658. The molecule has 0 aliphatic carbocycles. The lowest BCUT2D eigenvalue weighted by molar-refractivity contribution is -0.136. The van der Waals surface area contributed by atoms with Crippen molar-refractivity contribution in [3.8, 4) is 11.8 Å². The van der Waals surface area contributed by atoms with Crippen molar-refractivity contribution in [3.63, 3.8) is 0 Å². The van der Waals surface area contributed by atoms with E-state index in [4.69, 9.17) is 4.74 Å². The fraction of sp³-hybridized carbons (Fsp3) is 0.250. The van der Waals surface area contributed by atoms with Crippen molar-refractivity contribution in [1.29, 1.82) is 5.26 Å². The largest absolute Gasteiger partial charge is 0.496 e. The number of benzene rings is 3. The molecular formula is C24H24N2O2. The zero-order valence-corrected chi connectivity index (χ0v) is 16.6. The standard InChI is InChI=1S/C24H24N2O2/c1-24(16-25,23(27)26(2)3)22(20-13-7-8-15-21(20)28-4)19-14-9-11-17-10-5-6-12-18(17)19/h5-15,22H,1-4H3/t22?,24-/m1/s1. The minimum Gasteiger partial charge on any atom is -0.496 e. The van der Waals surface area contributed by atoms with Gasteiger partial charge in [-0.2, -0.15) is 5.26 Å². The summed E-state index contributed by atoms with van der Waals surface area (Å²) in [5, 5.41) is 12.3. The van der Waals surface area contributed by atoms with E-state index in [0.717, 1.165) is 21.9 Å². The molecule has 0 saturated heterocycles. The molecule has 28 heavy (non-hydrogen) atoms. The first-order chi connectivity index (χ1) is 13.4. The van der Waals surface area contributed by atoms with Gasteiger partial charge in [-0.15, -0.1) is 0 Å². The van der Waals surface area contributed by atoms with Crippen molar-refractivity contribution in [2.45, 2.75) is 12.8 Å². The Labute approximate surface area is 166 Å². The number of fused-ring (bicyclic) bond motifs is 1. The van der Waals surface area contributed by atoms with Gasteiger partial charge in [-0.25, -0.2) is 0 Å². The van der Waals surface area contributed by atoms with Crippen molar-refractivity contribution >= 4 is 16.7 Å². The molecule has 0 bridgehead atoms. The number of nitriles is 1. The number of hydrogen-bond acceptors (Lipinski definition) is 3. The molecule has 0 radical (unpaired) electrons. The third-order valence-corrected chi connectivity index (χ3v) is 5.24. The smallest absolute Gasteiger partial charge is 0.243 e. The molecule has 0 aliphatic heterocycles. The number of nitrogens with zero attached hydrogens (tertiary/aromatic N) is 2. The summed E-state index contributed by atoms with van der Waals surface area (Å²) in [7, 11) is 4.97. The van der Waals surface area contributed by atoms with Crippen molar-refractivity contribution in [2.75, 3.05) is 21.2 Å². The predicted octanol–water partition coefficient (Wildman–Crippen LogP) is 4.60. The predicted molar refractivity (Wildman–Crippen MR) is 111 cm³/mol. The highest BCUT2D eigenvalue weighted by Gasteiger charge is 2.46. The minimum atomic E-state index is -1.30. The van der Waals surface area contributed by atoms with Crippen LogP contribution in [-0.4, -0.2) is 32.0 Å². The summed E-state index contributed by atoms with van der Waals surface area (Å²) in [5.74, 6) is -0.0676. The molecule has 0 heterocycles. The summed E-state index contributed by atoms with van der Waals surface area (Å²) in [6.45, 7) is 1.72. The van der Waals surface area contributed by atoms with E-state index in [1.54, 1.807) is 28.1 Å². The van der Waals surface area contributed by atoms with Gasteiger partial charge in [0.05, 0.1) is 13.2 Å². The Morgan fingerprint density at radius 3 is 2.29 bits per heavy atom. The molecule has 3 rings (SSSR count). The molecule has 3 aromatic carbocycles. The van der Waals surface area contributed by atoms with Gasteiger partial charge in [0.1, 0.15) is 11.2 Å². The van der Waals surface area contributed by atoms with Crippen molar-refractivity contribution in [1.82, 2.24) is 4.90 Å². The van der Waals surface area contributed by atoms with Crippen LogP contribution in [0.25, 0.3) is 10.8 Å². The fourth-order valence-electron chi connectivity index (χ4n) is 3.90.